The van der Waals surface area contributed by atoms with Gasteiger partial charge in [0.05, 0.1) is 5.56 Å². The number of anilines is 1. The highest BCUT2D eigenvalue weighted by molar-refractivity contribution is 5.93. The third-order valence-corrected chi connectivity index (χ3v) is 5.20. The highest BCUT2D eigenvalue weighted by atomic mass is 16.2. The van der Waals surface area contributed by atoms with Crippen LogP contribution >= 0.6 is 0 Å². The van der Waals surface area contributed by atoms with Crippen LogP contribution < -0.4 is 4.90 Å². The molecule has 0 aliphatic carbocycles. The van der Waals surface area contributed by atoms with Gasteiger partial charge in [0.15, 0.2) is 0 Å². The van der Waals surface area contributed by atoms with Crippen LogP contribution in [-0.4, -0.2) is 47.0 Å². The lowest BCUT2D eigenvalue weighted by Crippen LogP contribution is -2.39. The summed E-state index contributed by atoms with van der Waals surface area (Å²) >= 11 is 0. The van der Waals surface area contributed by atoms with Crippen molar-refractivity contribution in [2.75, 3.05) is 31.1 Å². The molecule has 0 saturated carbocycles. The number of nitrogens with zero attached hydrogens (tertiary/aromatic N) is 4. The number of carbonyl (C=O) groups is 1. The van der Waals surface area contributed by atoms with Gasteiger partial charge < -0.3 is 9.80 Å². The first-order chi connectivity index (χ1) is 12.7. The predicted octanol–water partition coefficient (Wildman–Crippen LogP) is 3.42. The lowest BCUT2D eigenvalue weighted by atomic mass is 9.90. The first kappa shape index (κ1) is 18.4. The van der Waals surface area contributed by atoms with Crippen LogP contribution in [0.1, 0.15) is 42.6 Å². The SMILES string of the molecule is CCN(CC)c1ncc(C(=O)N2CCC(Cc3ccccc3)CC2)cn1. The molecule has 5 nitrogen and oxygen atoms in total. The summed E-state index contributed by atoms with van der Waals surface area (Å²) < 4.78 is 0. The van der Waals surface area contributed by atoms with Crippen LogP contribution in [0.25, 0.3) is 0 Å². The number of piperidine rings is 1. The molecule has 0 spiro atoms. The molecule has 1 amide bonds. The van der Waals surface area contributed by atoms with Crippen LogP contribution in [0, 0.1) is 5.92 Å². The minimum atomic E-state index is 0.0502. The first-order valence-electron chi connectivity index (χ1n) is 9.61. The number of hydrogen-bond acceptors (Lipinski definition) is 4. The molecular weight excluding hydrogens is 324 g/mol. The molecule has 2 aromatic rings. The van der Waals surface area contributed by atoms with Crippen molar-refractivity contribution in [1.82, 2.24) is 14.9 Å². The Labute approximate surface area is 156 Å². The number of benzene rings is 1. The zero-order valence-corrected chi connectivity index (χ0v) is 15.8. The van der Waals surface area contributed by atoms with E-state index in [-0.39, 0.29) is 5.91 Å². The van der Waals surface area contributed by atoms with Gasteiger partial charge in [0.1, 0.15) is 0 Å². The Kier molecular flexibility index (Phi) is 6.21. The molecule has 26 heavy (non-hydrogen) atoms. The Bertz CT molecular complexity index is 690. The fourth-order valence-electron chi connectivity index (χ4n) is 3.57. The van der Waals surface area contributed by atoms with Crippen molar-refractivity contribution in [2.45, 2.75) is 33.1 Å². The molecule has 1 fully saturated rings. The highest BCUT2D eigenvalue weighted by Gasteiger charge is 2.24. The van der Waals surface area contributed by atoms with Crippen molar-refractivity contribution in [3.63, 3.8) is 0 Å². The largest absolute Gasteiger partial charge is 0.341 e. The molecule has 3 rings (SSSR count). The second-order valence-electron chi connectivity index (χ2n) is 6.87. The third-order valence-electron chi connectivity index (χ3n) is 5.20. The van der Waals surface area contributed by atoms with Crippen molar-refractivity contribution in [3.8, 4) is 0 Å². The van der Waals surface area contributed by atoms with Gasteiger partial charge in [0.2, 0.25) is 5.95 Å². The Morgan fingerprint density at radius 3 is 2.27 bits per heavy atom. The number of likely N-dealkylation sites (tertiary alicyclic amines) is 1. The molecule has 138 valence electrons. The quantitative estimate of drug-likeness (QED) is 0.799. The normalized spacial score (nSPS) is 15.1. The smallest absolute Gasteiger partial charge is 0.256 e. The van der Waals surface area contributed by atoms with Crippen LogP contribution in [0.3, 0.4) is 0 Å². The highest BCUT2D eigenvalue weighted by Crippen LogP contribution is 2.22. The summed E-state index contributed by atoms with van der Waals surface area (Å²) in [5, 5.41) is 0. The van der Waals surface area contributed by atoms with Gasteiger partial charge in [-0.25, -0.2) is 9.97 Å². The van der Waals surface area contributed by atoms with E-state index >= 15 is 0 Å². The Balaban J connectivity index is 1.55. The summed E-state index contributed by atoms with van der Waals surface area (Å²) in [7, 11) is 0. The van der Waals surface area contributed by atoms with E-state index in [1.165, 1.54) is 5.56 Å². The molecule has 1 aromatic carbocycles. The van der Waals surface area contributed by atoms with Crippen LogP contribution in [-0.2, 0) is 6.42 Å². The van der Waals surface area contributed by atoms with Gasteiger partial charge in [0, 0.05) is 38.6 Å². The van der Waals surface area contributed by atoms with Gasteiger partial charge in [-0.1, -0.05) is 30.3 Å². The zero-order valence-electron chi connectivity index (χ0n) is 15.8. The minimum absolute atomic E-state index is 0.0502. The fourth-order valence-corrected chi connectivity index (χ4v) is 3.57. The van der Waals surface area contributed by atoms with Crippen LogP contribution in [0.4, 0.5) is 5.95 Å². The van der Waals surface area contributed by atoms with Gasteiger partial charge in [-0.3, -0.25) is 4.79 Å². The van der Waals surface area contributed by atoms with Gasteiger partial charge in [0.25, 0.3) is 5.91 Å². The lowest BCUT2D eigenvalue weighted by molar-refractivity contribution is 0.0689. The summed E-state index contributed by atoms with van der Waals surface area (Å²) in [6.07, 6.45) is 6.54. The van der Waals surface area contributed by atoms with Crippen molar-refractivity contribution in [2.24, 2.45) is 5.92 Å². The zero-order chi connectivity index (χ0) is 18.4. The predicted molar refractivity (Wildman–Crippen MR) is 104 cm³/mol. The average molecular weight is 352 g/mol. The van der Waals surface area contributed by atoms with Crippen molar-refractivity contribution in [3.05, 3.63) is 53.9 Å². The van der Waals surface area contributed by atoms with Crippen LogP contribution in [0.15, 0.2) is 42.7 Å². The van der Waals surface area contributed by atoms with E-state index in [0.717, 1.165) is 45.4 Å². The van der Waals surface area contributed by atoms with Crippen molar-refractivity contribution in [1.29, 1.82) is 0 Å². The van der Waals surface area contributed by atoms with Gasteiger partial charge >= 0.3 is 0 Å². The molecule has 0 atom stereocenters. The van der Waals surface area contributed by atoms with Gasteiger partial charge in [-0.05, 0) is 44.6 Å². The number of aromatic nitrogens is 2. The molecule has 0 N–H and O–H groups in total. The number of hydrogen-bond donors (Lipinski definition) is 0. The van der Waals surface area contributed by atoms with E-state index in [9.17, 15) is 4.79 Å². The molecule has 1 aliphatic heterocycles. The summed E-state index contributed by atoms with van der Waals surface area (Å²) in [4.78, 5) is 25.5. The minimum Gasteiger partial charge on any atom is -0.341 e. The molecular formula is C21H28N4O. The lowest BCUT2D eigenvalue weighted by Gasteiger charge is -2.32. The van der Waals surface area contributed by atoms with E-state index in [1.54, 1.807) is 12.4 Å². The van der Waals surface area contributed by atoms with E-state index < -0.39 is 0 Å². The molecule has 1 aromatic heterocycles. The summed E-state index contributed by atoms with van der Waals surface area (Å²) in [6, 6.07) is 10.6. The maximum absolute atomic E-state index is 12.7. The van der Waals surface area contributed by atoms with Gasteiger partial charge in [-0.15, -0.1) is 0 Å². The Morgan fingerprint density at radius 1 is 1.08 bits per heavy atom. The summed E-state index contributed by atoms with van der Waals surface area (Å²) in [5.41, 5.74) is 1.97. The second-order valence-corrected chi connectivity index (χ2v) is 6.87. The Morgan fingerprint density at radius 2 is 1.69 bits per heavy atom. The van der Waals surface area contributed by atoms with Crippen molar-refractivity contribution >= 4 is 11.9 Å². The maximum Gasteiger partial charge on any atom is 0.256 e. The number of amides is 1. The summed E-state index contributed by atoms with van der Waals surface area (Å²) in [5.74, 6) is 1.39. The van der Waals surface area contributed by atoms with E-state index in [1.807, 2.05) is 4.90 Å². The number of carbonyl (C=O) groups excluding carboxylic acids is 1. The van der Waals surface area contributed by atoms with E-state index in [2.05, 4.69) is 59.0 Å². The standard InChI is InChI=1S/C21H28N4O/c1-3-24(4-2)21-22-15-19(16-23-21)20(26)25-12-10-18(11-13-25)14-17-8-6-5-7-9-17/h5-9,15-16,18H,3-4,10-14H2,1-2H3. The fraction of sp³-hybridized carbons (Fsp3) is 0.476. The van der Waals surface area contributed by atoms with Crippen LogP contribution in [0.5, 0.6) is 0 Å². The molecule has 1 aliphatic rings. The molecule has 0 bridgehead atoms. The monoisotopic (exact) mass is 352 g/mol. The molecule has 2 heterocycles. The molecule has 1 saturated heterocycles. The third kappa shape index (κ3) is 4.40. The van der Waals surface area contributed by atoms with E-state index in [0.29, 0.717) is 17.4 Å². The summed E-state index contributed by atoms with van der Waals surface area (Å²) in [6.45, 7) is 7.50. The van der Waals surface area contributed by atoms with E-state index in [4.69, 9.17) is 0 Å². The topological polar surface area (TPSA) is 49.3 Å². The average Bonchev–Trinajstić information content (AvgIpc) is 2.70. The van der Waals surface area contributed by atoms with Crippen LogP contribution in [0.2, 0.25) is 0 Å². The number of rotatable bonds is 6. The molecule has 0 unspecified atom stereocenters. The first-order valence-corrected chi connectivity index (χ1v) is 9.61. The molecule has 5 heteroatoms. The maximum atomic E-state index is 12.7. The molecule has 0 radical (unpaired) electrons. The van der Waals surface area contributed by atoms with Crippen molar-refractivity contribution < 1.29 is 4.79 Å². The second kappa shape index (κ2) is 8.79. The Hall–Kier alpha value is -2.43. The van der Waals surface area contributed by atoms with Gasteiger partial charge in [-0.2, -0.15) is 0 Å².